The number of nitrogens with one attached hydrogen (secondary N) is 2. The second-order valence-electron chi connectivity index (χ2n) is 5.16. The fourth-order valence-electron chi connectivity index (χ4n) is 2.10. The monoisotopic (exact) mass is 313 g/mol. The maximum Gasteiger partial charge on any atom is 0.313 e. The molecule has 0 fully saturated rings. The van der Waals surface area contributed by atoms with Gasteiger partial charge in [-0.3, -0.25) is 9.59 Å². The number of nitrogens with two attached hydrogens (primary N) is 1. The summed E-state index contributed by atoms with van der Waals surface area (Å²) < 4.78 is 0. The van der Waals surface area contributed by atoms with E-state index < -0.39 is 11.8 Å². The van der Waals surface area contributed by atoms with Gasteiger partial charge in [0.05, 0.1) is 0 Å². The second kappa shape index (κ2) is 7.42. The fraction of sp³-hybridized carbons (Fsp3) is 0.176. The van der Waals surface area contributed by atoms with E-state index in [4.69, 9.17) is 5.73 Å². The van der Waals surface area contributed by atoms with Crippen molar-refractivity contribution in [1.82, 2.24) is 5.32 Å². The van der Waals surface area contributed by atoms with E-state index in [1.165, 1.54) is 12.1 Å². The molecule has 2 aromatic rings. The molecule has 2 aromatic carbocycles. The number of aromatic hydroxyl groups is 1. The normalized spacial score (nSPS) is 10.2. The zero-order chi connectivity index (χ0) is 16.8. The van der Waals surface area contributed by atoms with Crippen LogP contribution in [-0.4, -0.2) is 16.9 Å². The Labute approximate surface area is 134 Å². The Morgan fingerprint density at radius 2 is 1.83 bits per heavy atom. The highest BCUT2D eigenvalue weighted by Gasteiger charge is 2.14. The van der Waals surface area contributed by atoms with Crippen molar-refractivity contribution in [2.75, 3.05) is 5.32 Å². The minimum Gasteiger partial charge on any atom is -0.508 e. The average Bonchev–Trinajstić information content (AvgIpc) is 2.55. The van der Waals surface area contributed by atoms with Gasteiger partial charge in [-0.1, -0.05) is 24.3 Å². The lowest BCUT2D eigenvalue weighted by Gasteiger charge is -2.09. The summed E-state index contributed by atoms with van der Waals surface area (Å²) in [6.45, 7) is 2.39. The largest absolute Gasteiger partial charge is 0.508 e. The molecule has 0 aromatic heterocycles. The van der Waals surface area contributed by atoms with Gasteiger partial charge >= 0.3 is 11.8 Å². The predicted octanol–water partition coefficient (Wildman–Crippen LogP) is 1.41. The molecular formula is C17H19N3O3. The quantitative estimate of drug-likeness (QED) is 0.506. The van der Waals surface area contributed by atoms with Crippen LogP contribution in [0.2, 0.25) is 0 Å². The first kappa shape index (κ1) is 16.5. The number of hydrogen-bond acceptors (Lipinski definition) is 4. The molecule has 23 heavy (non-hydrogen) atoms. The van der Waals surface area contributed by atoms with Crippen molar-refractivity contribution in [1.29, 1.82) is 0 Å². The van der Waals surface area contributed by atoms with Gasteiger partial charge in [-0.05, 0) is 41.8 Å². The number of anilines is 1. The molecule has 0 aliphatic heterocycles. The zero-order valence-electron chi connectivity index (χ0n) is 12.8. The highest BCUT2D eigenvalue weighted by atomic mass is 16.3. The van der Waals surface area contributed by atoms with E-state index in [1.807, 2.05) is 24.3 Å². The highest BCUT2D eigenvalue weighted by Crippen LogP contribution is 2.19. The van der Waals surface area contributed by atoms with Crippen molar-refractivity contribution in [3.63, 3.8) is 0 Å². The van der Waals surface area contributed by atoms with Crippen molar-refractivity contribution in [3.8, 4) is 5.75 Å². The smallest absolute Gasteiger partial charge is 0.313 e. The Bertz CT molecular complexity index is 729. The Morgan fingerprint density at radius 3 is 2.52 bits per heavy atom. The van der Waals surface area contributed by atoms with Gasteiger partial charge < -0.3 is 21.5 Å². The van der Waals surface area contributed by atoms with Gasteiger partial charge in [0.1, 0.15) is 5.75 Å². The summed E-state index contributed by atoms with van der Waals surface area (Å²) in [5.74, 6) is -1.38. The number of aryl methyl sites for hydroxylation is 1. The van der Waals surface area contributed by atoms with Crippen molar-refractivity contribution in [2.45, 2.75) is 20.0 Å². The van der Waals surface area contributed by atoms with Crippen LogP contribution in [0.3, 0.4) is 0 Å². The predicted molar refractivity (Wildman–Crippen MR) is 87.7 cm³/mol. The molecule has 120 valence electrons. The lowest BCUT2D eigenvalue weighted by Crippen LogP contribution is -2.35. The van der Waals surface area contributed by atoms with Crippen LogP contribution in [0.25, 0.3) is 0 Å². The Kier molecular flexibility index (Phi) is 5.32. The first-order valence-electron chi connectivity index (χ1n) is 7.16. The SMILES string of the molecule is Cc1cc(O)ccc1NC(=O)C(=O)NCc1cccc(CN)c1. The van der Waals surface area contributed by atoms with E-state index in [-0.39, 0.29) is 12.3 Å². The number of phenolic OH excluding ortho intramolecular Hbond substituents is 1. The van der Waals surface area contributed by atoms with Gasteiger partial charge in [-0.2, -0.15) is 0 Å². The molecule has 5 N–H and O–H groups in total. The van der Waals surface area contributed by atoms with Crippen molar-refractivity contribution >= 4 is 17.5 Å². The van der Waals surface area contributed by atoms with Gasteiger partial charge in [0.2, 0.25) is 0 Å². The summed E-state index contributed by atoms with van der Waals surface area (Å²) in [4.78, 5) is 23.7. The molecular weight excluding hydrogens is 294 g/mol. The van der Waals surface area contributed by atoms with Crippen LogP contribution in [0.1, 0.15) is 16.7 Å². The first-order valence-corrected chi connectivity index (χ1v) is 7.16. The first-order chi connectivity index (χ1) is 11.0. The van der Waals surface area contributed by atoms with Crippen LogP contribution in [0.4, 0.5) is 5.69 Å². The summed E-state index contributed by atoms with van der Waals surface area (Å²) in [6.07, 6.45) is 0. The zero-order valence-corrected chi connectivity index (χ0v) is 12.8. The van der Waals surface area contributed by atoms with Crippen LogP contribution in [0.5, 0.6) is 5.75 Å². The molecule has 2 amide bonds. The molecule has 6 heteroatoms. The third-order valence-electron chi connectivity index (χ3n) is 3.34. The number of rotatable bonds is 4. The average molecular weight is 313 g/mol. The second-order valence-corrected chi connectivity index (χ2v) is 5.16. The van der Waals surface area contributed by atoms with Crippen LogP contribution in [0, 0.1) is 6.92 Å². The molecule has 0 aliphatic carbocycles. The topological polar surface area (TPSA) is 104 Å². The summed E-state index contributed by atoms with van der Waals surface area (Å²) >= 11 is 0. The third-order valence-corrected chi connectivity index (χ3v) is 3.34. The standard InChI is InChI=1S/C17H19N3O3/c1-11-7-14(21)5-6-15(11)20-17(23)16(22)19-10-13-4-2-3-12(8-13)9-18/h2-8,21H,9-10,18H2,1H3,(H,19,22)(H,20,23). The number of phenols is 1. The lowest BCUT2D eigenvalue weighted by molar-refractivity contribution is -0.136. The van der Waals surface area contributed by atoms with Gasteiger partial charge in [0.15, 0.2) is 0 Å². The number of benzene rings is 2. The minimum absolute atomic E-state index is 0.102. The number of carbonyl (C=O) groups is 2. The molecule has 0 radical (unpaired) electrons. The van der Waals surface area contributed by atoms with Gasteiger partial charge in [0.25, 0.3) is 0 Å². The van der Waals surface area contributed by atoms with Gasteiger partial charge in [0, 0.05) is 18.8 Å². The molecule has 0 atom stereocenters. The summed E-state index contributed by atoms with van der Waals surface area (Å²) in [5.41, 5.74) is 8.54. The number of amides is 2. The Balaban J connectivity index is 1.93. The fourth-order valence-corrected chi connectivity index (χ4v) is 2.10. The summed E-state index contributed by atoms with van der Waals surface area (Å²) in [7, 11) is 0. The maximum atomic E-state index is 11.9. The third kappa shape index (κ3) is 4.55. The van der Waals surface area contributed by atoms with E-state index in [0.717, 1.165) is 11.1 Å². The van der Waals surface area contributed by atoms with E-state index >= 15 is 0 Å². The summed E-state index contributed by atoms with van der Waals surface area (Å²) in [5, 5.41) is 14.4. The van der Waals surface area contributed by atoms with Crippen LogP contribution >= 0.6 is 0 Å². The molecule has 0 heterocycles. The molecule has 0 bridgehead atoms. The minimum atomic E-state index is -0.756. The van der Waals surface area contributed by atoms with Crippen LogP contribution in [0.15, 0.2) is 42.5 Å². The van der Waals surface area contributed by atoms with Crippen LogP contribution < -0.4 is 16.4 Å². The lowest BCUT2D eigenvalue weighted by atomic mass is 10.1. The molecule has 0 saturated heterocycles. The van der Waals surface area contributed by atoms with Crippen molar-refractivity contribution < 1.29 is 14.7 Å². The molecule has 0 saturated carbocycles. The van der Waals surface area contributed by atoms with E-state index in [2.05, 4.69) is 10.6 Å². The molecule has 0 aliphatic rings. The van der Waals surface area contributed by atoms with E-state index in [0.29, 0.717) is 17.8 Å². The Morgan fingerprint density at radius 1 is 1.09 bits per heavy atom. The summed E-state index contributed by atoms with van der Waals surface area (Å²) in [6, 6.07) is 12.0. The van der Waals surface area contributed by atoms with E-state index in [1.54, 1.807) is 13.0 Å². The molecule has 6 nitrogen and oxygen atoms in total. The number of hydrogen-bond donors (Lipinski definition) is 4. The van der Waals surface area contributed by atoms with Gasteiger partial charge in [-0.15, -0.1) is 0 Å². The molecule has 2 rings (SSSR count). The molecule has 0 spiro atoms. The van der Waals surface area contributed by atoms with Crippen molar-refractivity contribution in [2.24, 2.45) is 5.73 Å². The van der Waals surface area contributed by atoms with Crippen molar-refractivity contribution in [3.05, 3.63) is 59.2 Å². The highest BCUT2D eigenvalue weighted by molar-refractivity contribution is 6.39. The van der Waals surface area contributed by atoms with Gasteiger partial charge in [-0.25, -0.2) is 0 Å². The van der Waals surface area contributed by atoms with E-state index in [9.17, 15) is 14.7 Å². The van der Waals surface area contributed by atoms with Crippen LogP contribution in [-0.2, 0) is 22.7 Å². The number of carbonyl (C=O) groups excluding carboxylic acids is 2. The molecule has 0 unspecified atom stereocenters. The maximum absolute atomic E-state index is 11.9. The Hall–Kier alpha value is -2.86.